The van der Waals surface area contributed by atoms with Crippen molar-refractivity contribution in [2.24, 2.45) is 0 Å². The van der Waals surface area contributed by atoms with E-state index in [-0.39, 0.29) is 12.6 Å². The second kappa shape index (κ2) is 6.91. The summed E-state index contributed by atoms with van der Waals surface area (Å²) in [5, 5.41) is 3.26. The van der Waals surface area contributed by atoms with Gasteiger partial charge in [0.1, 0.15) is 0 Å². The summed E-state index contributed by atoms with van der Waals surface area (Å²) in [6.07, 6.45) is 1.76. The van der Waals surface area contributed by atoms with Gasteiger partial charge in [0.2, 0.25) is 0 Å². The van der Waals surface area contributed by atoms with E-state index in [4.69, 9.17) is 0 Å². The lowest BCUT2D eigenvalue weighted by molar-refractivity contribution is 0.121. The Kier molecular flexibility index (Phi) is 5.83. The molecule has 18 heavy (non-hydrogen) atoms. The molecule has 0 aromatic heterocycles. The molecule has 0 saturated heterocycles. The van der Waals surface area contributed by atoms with Crippen molar-refractivity contribution in [2.45, 2.75) is 45.3 Å². The largest absolute Gasteiger partial charge is 0.446 e. The zero-order valence-corrected chi connectivity index (χ0v) is 11.5. The number of nitrogens with one attached hydrogen (secondary N) is 3. The molecule has 1 aliphatic rings. The van der Waals surface area contributed by atoms with Gasteiger partial charge in [-0.25, -0.2) is 9.52 Å². The molecule has 0 heterocycles. The van der Waals surface area contributed by atoms with Gasteiger partial charge in [0, 0.05) is 12.6 Å². The van der Waals surface area contributed by atoms with E-state index in [1.54, 1.807) is 18.6 Å². The maximum absolute atomic E-state index is 11.4. The fourth-order valence-corrected chi connectivity index (χ4v) is 2.03. The van der Waals surface area contributed by atoms with E-state index >= 15 is 0 Å². The minimum atomic E-state index is -3.81. The van der Waals surface area contributed by atoms with Crippen molar-refractivity contribution in [2.75, 3.05) is 13.1 Å². The topological polar surface area (TPSA) is 96.5 Å². The molecule has 3 N–H and O–H groups in total. The molecule has 0 bridgehead atoms. The quantitative estimate of drug-likeness (QED) is 0.547. The summed E-state index contributed by atoms with van der Waals surface area (Å²) in [4.78, 5) is 11.1. The van der Waals surface area contributed by atoms with Gasteiger partial charge in [0.25, 0.3) is 0 Å². The lowest BCUT2D eigenvalue weighted by Crippen LogP contribution is -2.42. The van der Waals surface area contributed by atoms with Crippen LogP contribution in [0.4, 0.5) is 4.79 Å². The predicted molar refractivity (Wildman–Crippen MR) is 67.3 cm³/mol. The van der Waals surface area contributed by atoms with Crippen molar-refractivity contribution in [1.82, 2.24) is 14.8 Å². The second-order valence-electron chi connectivity index (χ2n) is 4.54. The van der Waals surface area contributed by atoms with Gasteiger partial charge in [-0.15, -0.1) is 0 Å². The average Bonchev–Trinajstić information content (AvgIpc) is 2.98. The van der Waals surface area contributed by atoms with Gasteiger partial charge in [-0.3, -0.25) is 0 Å². The first-order valence-corrected chi connectivity index (χ1v) is 7.59. The average molecular weight is 279 g/mol. The zero-order chi connectivity index (χ0) is 13.6. The highest BCUT2D eigenvalue weighted by atomic mass is 32.2. The molecule has 0 radical (unpaired) electrons. The van der Waals surface area contributed by atoms with E-state index in [0.717, 1.165) is 6.54 Å². The van der Waals surface area contributed by atoms with Crippen molar-refractivity contribution in [3.8, 4) is 0 Å². The Morgan fingerprint density at radius 3 is 2.56 bits per heavy atom. The van der Waals surface area contributed by atoms with Crippen molar-refractivity contribution in [3.05, 3.63) is 0 Å². The maximum Gasteiger partial charge on any atom is 0.422 e. The third-order valence-electron chi connectivity index (χ3n) is 2.22. The van der Waals surface area contributed by atoms with Crippen LogP contribution in [0.3, 0.4) is 0 Å². The molecular formula is C10H21N3O4S. The molecular weight excluding hydrogens is 258 g/mol. The van der Waals surface area contributed by atoms with E-state index in [2.05, 4.69) is 14.8 Å². The molecule has 8 heteroatoms. The Morgan fingerprint density at radius 1 is 1.33 bits per heavy atom. The van der Waals surface area contributed by atoms with Gasteiger partial charge in [0.05, 0.1) is 6.10 Å². The van der Waals surface area contributed by atoms with Crippen LogP contribution in [-0.2, 0) is 14.9 Å². The van der Waals surface area contributed by atoms with E-state index in [1.807, 2.05) is 0 Å². The third kappa shape index (κ3) is 7.46. The number of carbonyl (C=O) groups excluding carboxylic acids is 1. The molecule has 7 nitrogen and oxygen atoms in total. The number of rotatable bonds is 8. The van der Waals surface area contributed by atoms with Crippen LogP contribution in [0.1, 0.15) is 33.1 Å². The minimum absolute atomic E-state index is 0.282. The van der Waals surface area contributed by atoms with Crippen LogP contribution in [0.25, 0.3) is 0 Å². The number of hydrogen-bond acceptors (Lipinski definition) is 5. The molecule has 1 rings (SSSR count). The van der Waals surface area contributed by atoms with Gasteiger partial charge in [-0.1, -0.05) is 0 Å². The standard InChI is InChI=1S/C10H21N3O4S/c1-8(2)17-10(14)13-18(15,16)12-7-3-6-11-9-4-5-9/h8-9,11-12H,3-7H2,1-2H3,(H,13,14). The summed E-state index contributed by atoms with van der Waals surface area (Å²) in [6, 6.07) is 0.612. The lowest BCUT2D eigenvalue weighted by atomic mass is 10.4. The Morgan fingerprint density at radius 2 is 2.00 bits per heavy atom. The third-order valence-corrected chi connectivity index (χ3v) is 3.24. The summed E-state index contributed by atoms with van der Waals surface area (Å²) in [5.74, 6) is 0. The van der Waals surface area contributed by atoms with Gasteiger partial charge < -0.3 is 10.1 Å². The molecule has 0 unspecified atom stereocenters. The normalized spacial score (nSPS) is 15.7. The van der Waals surface area contributed by atoms with Gasteiger partial charge in [-0.05, 0) is 39.7 Å². The van der Waals surface area contributed by atoms with E-state index in [0.29, 0.717) is 12.5 Å². The van der Waals surface area contributed by atoms with Crippen molar-refractivity contribution in [3.63, 3.8) is 0 Å². The van der Waals surface area contributed by atoms with Crippen molar-refractivity contribution < 1.29 is 17.9 Å². The maximum atomic E-state index is 11.4. The van der Waals surface area contributed by atoms with Crippen LogP contribution in [-0.4, -0.2) is 39.7 Å². The first-order chi connectivity index (χ1) is 8.39. The Hall–Kier alpha value is -0.860. The monoisotopic (exact) mass is 279 g/mol. The summed E-state index contributed by atoms with van der Waals surface area (Å²) in [5.41, 5.74) is 0. The summed E-state index contributed by atoms with van der Waals surface area (Å²) >= 11 is 0. The molecule has 1 amide bonds. The molecule has 0 spiro atoms. The van der Waals surface area contributed by atoms with Crippen LogP contribution in [0.5, 0.6) is 0 Å². The molecule has 0 aromatic carbocycles. The first-order valence-electron chi connectivity index (χ1n) is 6.10. The molecule has 106 valence electrons. The van der Waals surface area contributed by atoms with Crippen molar-refractivity contribution >= 4 is 16.3 Å². The van der Waals surface area contributed by atoms with Crippen LogP contribution >= 0.6 is 0 Å². The smallest absolute Gasteiger partial charge is 0.422 e. The summed E-state index contributed by atoms with van der Waals surface area (Å²) in [7, 11) is -3.81. The number of carbonyl (C=O) groups is 1. The Labute approximate surface area is 108 Å². The highest BCUT2D eigenvalue weighted by Crippen LogP contribution is 2.18. The van der Waals surface area contributed by atoms with Crippen LogP contribution in [0.2, 0.25) is 0 Å². The molecule has 1 saturated carbocycles. The van der Waals surface area contributed by atoms with Crippen LogP contribution < -0.4 is 14.8 Å². The SMILES string of the molecule is CC(C)OC(=O)NS(=O)(=O)NCCCNC1CC1. The Bertz CT molecular complexity index is 365. The zero-order valence-electron chi connectivity index (χ0n) is 10.7. The summed E-state index contributed by atoms with van der Waals surface area (Å²) in [6.45, 7) is 4.33. The van der Waals surface area contributed by atoms with E-state index in [1.165, 1.54) is 12.8 Å². The van der Waals surface area contributed by atoms with Crippen LogP contribution in [0, 0.1) is 0 Å². The van der Waals surface area contributed by atoms with Gasteiger partial charge in [0.15, 0.2) is 0 Å². The van der Waals surface area contributed by atoms with Crippen molar-refractivity contribution in [1.29, 1.82) is 0 Å². The molecule has 1 fully saturated rings. The number of hydrogen-bond donors (Lipinski definition) is 3. The second-order valence-corrected chi connectivity index (χ2v) is 6.04. The van der Waals surface area contributed by atoms with Gasteiger partial charge >= 0.3 is 16.3 Å². The first kappa shape index (κ1) is 15.2. The molecule has 0 atom stereocenters. The highest BCUT2D eigenvalue weighted by Gasteiger charge is 2.20. The predicted octanol–water partition coefficient (Wildman–Crippen LogP) is 0.0975. The van der Waals surface area contributed by atoms with Crippen LogP contribution in [0.15, 0.2) is 0 Å². The van der Waals surface area contributed by atoms with Gasteiger partial charge in [-0.2, -0.15) is 13.1 Å². The van der Waals surface area contributed by atoms with E-state index in [9.17, 15) is 13.2 Å². The number of amides is 1. The number of ether oxygens (including phenoxy) is 1. The summed E-state index contributed by atoms with van der Waals surface area (Å²) < 4.78 is 31.5. The molecule has 1 aliphatic carbocycles. The lowest BCUT2D eigenvalue weighted by Gasteiger charge is -2.10. The fraction of sp³-hybridized carbons (Fsp3) is 0.900. The highest BCUT2D eigenvalue weighted by molar-refractivity contribution is 7.88. The van der Waals surface area contributed by atoms with E-state index < -0.39 is 16.3 Å². The molecule has 0 aliphatic heterocycles. The minimum Gasteiger partial charge on any atom is -0.446 e. The Balaban J connectivity index is 2.11. The molecule has 0 aromatic rings. The fourth-order valence-electron chi connectivity index (χ4n) is 1.27.